The highest BCUT2D eigenvalue weighted by molar-refractivity contribution is 5.48. The lowest BCUT2D eigenvalue weighted by molar-refractivity contribution is 0.282. The Hall–Kier alpha value is -1.02. The second-order valence-electron chi connectivity index (χ2n) is 5.06. The van der Waals surface area contributed by atoms with E-state index in [4.69, 9.17) is 5.11 Å². The molecule has 0 amide bonds. The summed E-state index contributed by atoms with van der Waals surface area (Å²) in [7, 11) is 0. The fourth-order valence-electron chi connectivity index (χ4n) is 2.38. The smallest absolute Gasteiger partial charge is 0.0681 e. The van der Waals surface area contributed by atoms with Crippen molar-refractivity contribution >= 4 is 5.69 Å². The summed E-state index contributed by atoms with van der Waals surface area (Å²) in [6.07, 6.45) is 1.30. The van der Waals surface area contributed by atoms with E-state index >= 15 is 0 Å². The van der Waals surface area contributed by atoms with E-state index in [9.17, 15) is 0 Å². The predicted molar refractivity (Wildman–Crippen MR) is 67.5 cm³/mol. The van der Waals surface area contributed by atoms with Crippen LogP contribution in [0.2, 0.25) is 0 Å². The molecule has 0 saturated carbocycles. The standard InChI is InChI=1S/C14H21NO/c1-11(2)13-7-8-15(9-13)14-5-3-12(10-16)4-6-14/h3-6,11,13,16H,7-10H2,1-2H3. The van der Waals surface area contributed by atoms with Crippen molar-refractivity contribution in [3.05, 3.63) is 29.8 Å². The third-order valence-corrected chi connectivity index (χ3v) is 3.65. The molecule has 1 atom stereocenters. The molecule has 1 unspecified atom stereocenters. The van der Waals surface area contributed by atoms with Crippen molar-refractivity contribution < 1.29 is 5.11 Å². The molecule has 16 heavy (non-hydrogen) atoms. The summed E-state index contributed by atoms with van der Waals surface area (Å²) in [5, 5.41) is 9.00. The lowest BCUT2D eigenvalue weighted by atomic mass is 9.95. The van der Waals surface area contributed by atoms with Crippen LogP contribution in [0.25, 0.3) is 0 Å². The molecule has 0 aliphatic carbocycles. The maximum Gasteiger partial charge on any atom is 0.0681 e. The molecule has 1 fully saturated rings. The molecule has 1 aliphatic rings. The van der Waals surface area contributed by atoms with Gasteiger partial charge in [-0.1, -0.05) is 26.0 Å². The fraction of sp³-hybridized carbons (Fsp3) is 0.571. The summed E-state index contributed by atoms with van der Waals surface area (Å²) in [4.78, 5) is 2.45. The number of benzene rings is 1. The molecule has 0 aromatic heterocycles. The van der Waals surface area contributed by atoms with Crippen molar-refractivity contribution in [2.24, 2.45) is 11.8 Å². The van der Waals surface area contributed by atoms with Gasteiger partial charge >= 0.3 is 0 Å². The van der Waals surface area contributed by atoms with Crippen molar-refractivity contribution in [1.82, 2.24) is 0 Å². The van der Waals surface area contributed by atoms with Gasteiger partial charge in [-0.2, -0.15) is 0 Å². The number of aliphatic hydroxyl groups is 1. The predicted octanol–water partition coefficient (Wildman–Crippen LogP) is 2.66. The zero-order valence-corrected chi connectivity index (χ0v) is 10.2. The number of hydrogen-bond acceptors (Lipinski definition) is 2. The fourth-order valence-corrected chi connectivity index (χ4v) is 2.38. The summed E-state index contributed by atoms with van der Waals surface area (Å²) in [6, 6.07) is 8.26. The maximum atomic E-state index is 9.00. The van der Waals surface area contributed by atoms with Crippen LogP contribution >= 0.6 is 0 Å². The van der Waals surface area contributed by atoms with E-state index in [0.717, 1.165) is 17.4 Å². The van der Waals surface area contributed by atoms with E-state index in [1.807, 2.05) is 12.1 Å². The third kappa shape index (κ3) is 2.38. The highest BCUT2D eigenvalue weighted by atomic mass is 16.3. The van der Waals surface area contributed by atoms with Gasteiger partial charge in [0.2, 0.25) is 0 Å². The minimum absolute atomic E-state index is 0.134. The number of rotatable bonds is 3. The van der Waals surface area contributed by atoms with Crippen LogP contribution in [0.1, 0.15) is 25.8 Å². The van der Waals surface area contributed by atoms with Crippen LogP contribution in [-0.2, 0) is 6.61 Å². The quantitative estimate of drug-likeness (QED) is 0.845. The lowest BCUT2D eigenvalue weighted by Gasteiger charge is -2.20. The molecule has 0 radical (unpaired) electrons. The summed E-state index contributed by atoms with van der Waals surface area (Å²) in [6.45, 7) is 7.10. The molecule has 0 spiro atoms. The Morgan fingerprint density at radius 1 is 1.31 bits per heavy atom. The molecule has 1 N–H and O–H groups in total. The van der Waals surface area contributed by atoms with E-state index < -0.39 is 0 Å². The topological polar surface area (TPSA) is 23.5 Å². The number of hydrogen-bond donors (Lipinski definition) is 1. The van der Waals surface area contributed by atoms with Crippen molar-refractivity contribution in [1.29, 1.82) is 0 Å². The monoisotopic (exact) mass is 219 g/mol. The van der Waals surface area contributed by atoms with Crippen LogP contribution in [-0.4, -0.2) is 18.2 Å². The molecule has 1 saturated heterocycles. The van der Waals surface area contributed by atoms with Gasteiger partial charge in [-0.05, 0) is 36.0 Å². The Morgan fingerprint density at radius 3 is 2.50 bits per heavy atom. The van der Waals surface area contributed by atoms with Crippen molar-refractivity contribution in [3.8, 4) is 0 Å². The minimum Gasteiger partial charge on any atom is -0.392 e. The molecular formula is C14H21NO. The van der Waals surface area contributed by atoms with Crippen molar-refractivity contribution in [3.63, 3.8) is 0 Å². The molecule has 1 aromatic rings. The van der Waals surface area contributed by atoms with E-state index in [1.54, 1.807) is 0 Å². The van der Waals surface area contributed by atoms with Crippen LogP contribution in [0.4, 0.5) is 5.69 Å². The third-order valence-electron chi connectivity index (χ3n) is 3.65. The summed E-state index contributed by atoms with van der Waals surface area (Å²) >= 11 is 0. The Morgan fingerprint density at radius 2 is 2.00 bits per heavy atom. The highest BCUT2D eigenvalue weighted by Gasteiger charge is 2.24. The van der Waals surface area contributed by atoms with Gasteiger partial charge in [0.25, 0.3) is 0 Å². The average Bonchev–Trinajstić information content (AvgIpc) is 2.78. The molecule has 2 heteroatoms. The van der Waals surface area contributed by atoms with Gasteiger partial charge in [-0.15, -0.1) is 0 Å². The van der Waals surface area contributed by atoms with Crippen LogP contribution in [0.5, 0.6) is 0 Å². The molecule has 88 valence electrons. The minimum atomic E-state index is 0.134. The average molecular weight is 219 g/mol. The largest absolute Gasteiger partial charge is 0.392 e. The zero-order valence-electron chi connectivity index (χ0n) is 10.2. The molecule has 1 heterocycles. The number of anilines is 1. The first-order chi connectivity index (χ1) is 7.70. The van der Waals surface area contributed by atoms with Crippen molar-refractivity contribution in [2.45, 2.75) is 26.9 Å². The molecular weight excluding hydrogens is 198 g/mol. The van der Waals surface area contributed by atoms with Gasteiger partial charge in [0, 0.05) is 18.8 Å². The van der Waals surface area contributed by atoms with Crippen LogP contribution in [0, 0.1) is 11.8 Å². The first kappa shape index (κ1) is 11.5. The first-order valence-corrected chi connectivity index (χ1v) is 6.15. The Bertz CT molecular complexity index is 331. The molecule has 1 aliphatic heterocycles. The van der Waals surface area contributed by atoms with Gasteiger partial charge in [0.15, 0.2) is 0 Å². The SMILES string of the molecule is CC(C)C1CCN(c2ccc(CO)cc2)C1. The lowest BCUT2D eigenvalue weighted by Crippen LogP contribution is -2.21. The molecule has 1 aromatic carbocycles. The molecule has 2 nitrogen and oxygen atoms in total. The molecule has 2 rings (SSSR count). The van der Waals surface area contributed by atoms with Gasteiger partial charge in [0.1, 0.15) is 0 Å². The number of nitrogens with zero attached hydrogens (tertiary/aromatic N) is 1. The van der Waals surface area contributed by atoms with Crippen LogP contribution < -0.4 is 4.90 Å². The van der Waals surface area contributed by atoms with E-state index in [0.29, 0.717) is 0 Å². The first-order valence-electron chi connectivity index (χ1n) is 6.15. The summed E-state index contributed by atoms with van der Waals surface area (Å²) in [5.41, 5.74) is 2.28. The Balaban J connectivity index is 2.03. The van der Waals surface area contributed by atoms with Crippen molar-refractivity contribution in [2.75, 3.05) is 18.0 Å². The Kier molecular flexibility index (Phi) is 3.49. The second-order valence-corrected chi connectivity index (χ2v) is 5.06. The van der Waals surface area contributed by atoms with E-state index in [1.165, 1.54) is 25.2 Å². The molecule has 0 bridgehead atoms. The van der Waals surface area contributed by atoms with Crippen LogP contribution in [0.15, 0.2) is 24.3 Å². The van der Waals surface area contributed by atoms with Gasteiger partial charge < -0.3 is 10.0 Å². The zero-order chi connectivity index (χ0) is 11.5. The van der Waals surface area contributed by atoms with E-state index in [2.05, 4.69) is 30.9 Å². The van der Waals surface area contributed by atoms with Gasteiger partial charge in [-0.3, -0.25) is 0 Å². The number of aliphatic hydroxyl groups excluding tert-OH is 1. The van der Waals surface area contributed by atoms with Crippen LogP contribution in [0.3, 0.4) is 0 Å². The van der Waals surface area contributed by atoms with Gasteiger partial charge in [-0.25, -0.2) is 0 Å². The Labute approximate surface area is 97.9 Å². The van der Waals surface area contributed by atoms with Gasteiger partial charge in [0.05, 0.1) is 6.61 Å². The summed E-state index contributed by atoms with van der Waals surface area (Å²) < 4.78 is 0. The normalized spacial score (nSPS) is 20.8. The summed E-state index contributed by atoms with van der Waals surface area (Å²) in [5.74, 6) is 1.61. The van der Waals surface area contributed by atoms with E-state index in [-0.39, 0.29) is 6.61 Å². The second kappa shape index (κ2) is 4.88. The highest BCUT2D eigenvalue weighted by Crippen LogP contribution is 2.28. The maximum absolute atomic E-state index is 9.00.